The number of carbonyl (C=O) groups is 2. The van der Waals surface area contributed by atoms with Gasteiger partial charge < -0.3 is 10.6 Å². The molecule has 0 aromatic heterocycles. The van der Waals surface area contributed by atoms with Gasteiger partial charge in [0.1, 0.15) is 0 Å². The van der Waals surface area contributed by atoms with E-state index in [-0.39, 0.29) is 17.7 Å². The molecule has 0 spiro atoms. The Morgan fingerprint density at radius 2 is 1.81 bits per heavy atom. The van der Waals surface area contributed by atoms with Crippen molar-refractivity contribution in [1.29, 1.82) is 0 Å². The Morgan fingerprint density at radius 1 is 1.06 bits per heavy atom. The highest BCUT2D eigenvalue weighted by atomic mass is 32.2. The molecule has 31 heavy (non-hydrogen) atoms. The number of hydrogen-bond acceptors (Lipinski definition) is 3. The maximum atomic E-state index is 12.6. The maximum Gasteiger partial charge on any atom is 0.262 e. The summed E-state index contributed by atoms with van der Waals surface area (Å²) in [5, 5.41) is 5.91. The quantitative estimate of drug-likeness (QED) is 0.519. The van der Waals surface area contributed by atoms with Gasteiger partial charge in [0.15, 0.2) is 0 Å². The van der Waals surface area contributed by atoms with Crippen molar-refractivity contribution < 1.29 is 9.59 Å². The molecule has 4 rings (SSSR count). The number of thioether (sulfide) groups is 1. The van der Waals surface area contributed by atoms with Gasteiger partial charge in [-0.05, 0) is 48.2 Å². The number of amides is 2. The van der Waals surface area contributed by atoms with Crippen LogP contribution in [0.15, 0.2) is 82.6 Å². The molecular formula is C26H24N2O2S. The van der Waals surface area contributed by atoms with Crippen LogP contribution in [-0.2, 0) is 4.79 Å². The highest BCUT2D eigenvalue weighted by Crippen LogP contribution is 2.39. The molecule has 1 heterocycles. The van der Waals surface area contributed by atoms with Crippen LogP contribution in [0.5, 0.6) is 0 Å². The fourth-order valence-corrected chi connectivity index (χ4v) is 4.29. The standard InChI is InChI=1S/C26H24N2O2S/c1-17-8-10-19(11-9-17)14-24-26(30)28-22-15-21(12-13-23(22)31-24)25(29)27-16-18(2)20-6-4-3-5-7-20/h3-15,18H,16H2,1-2H3,(H,27,29)(H,28,30)/b24-14+/t18-/m0/s1. The second-order valence-corrected chi connectivity index (χ2v) is 8.79. The normalized spacial score (nSPS) is 15.2. The van der Waals surface area contributed by atoms with Crippen LogP contribution < -0.4 is 10.6 Å². The lowest BCUT2D eigenvalue weighted by Gasteiger charge is -2.20. The van der Waals surface area contributed by atoms with Crippen molar-refractivity contribution in [1.82, 2.24) is 5.32 Å². The lowest BCUT2D eigenvalue weighted by molar-refractivity contribution is -0.112. The third kappa shape index (κ3) is 5.06. The first-order valence-corrected chi connectivity index (χ1v) is 11.1. The van der Waals surface area contributed by atoms with Gasteiger partial charge >= 0.3 is 0 Å². The van der Waals surface area contributed by atoms with Crippen LogP contribution in [0.2, 0.25) is 0 Å². The molecule has 0 bridgehead atoms. The largest absolute Gasteiger partial charge is 0.351 e. The number of hydrogen-bond donors (Lipinski definition) is 2. The van der Waals surface area contributed by atoms with Crippen molar-refractivity contribution in [3.8, 4) is 0 Å². The number of fused-ring (bicyclic) bond motifs is 1. The molecule has 1 aliphatic rings. The highest BCUT2D eigenvalue weighted by Gasteiger charge is 2.22. The molecule has 0 unspecified atom stereocenters. The molecule has 0 saturated carbocycles. The third-order valence-electron chi connectivity index (χ3n) is 5.25. The monoisotopic (exact) mass is 428 g/mol. The second kappa shape index (κ2) is 9.23. The Kier molecular flexibility index (Phi) is 6.23. The first kappa shape index (κ1) is 20.9. The maximum absolute atomic E-state index is 12.6. The molecule has 3 aromatic rings. The van der Waals surface area contributed by atoms with Crippen molar-refractivity contribution in [2.24, 2.45) is 0 Å². The predicted molar refractivity (Wildman–Crippen MR) is 127 cm³/mol. The number of nitrogens with one attached hydrogen (secondary N) is 2. The summed E-state index contributed by atoms with van der Waals surface area (Å²) in [6, 6.07) is 23.6. The zero-order chi connectivity index (χ0) is 21.8. The van der Waals surface area contributed by atoms with E-state index in [1.165, 1.54) is 22.9 Å². The predicted octanol–water partition coefficient (Wildman–Crippen LogP) is 5.61. The van der Waals surface area contributed by atoms with Gasteiger partial charge in [-0.15, -0.1) is 0 Å². The zero-order valence-corrected chi connectivity index (χ0v) is 18.3. The molecule has 0 radical (unpaired) electrons. The van der Waals surface area contributed by atoms with Gasteiger partial charge in [0, 0.05) is 17.0 Å². The summed E-state index contributed by atoms with van der Waals surface area (Å²) in [5.41, 5.74) is 4.54. The molecule has 4 nitrogen and oxygen atoms in total. The van der Waals surface area contributed by atoms with Crippen molar-refractivity contribution in [2.45, 2.75) is 24.7 Å². The average Bonchev–Trinajstić information content (AvgIpc) is 2.79. The van der Waals surface area contributed by atoms with Crippen LogP contribution in [-0.4, -0.2) is 18.4 Å². The minimum Gasteiger partial charge on any atom is -0.351 e. The minimum absolute atomic E-state index is 0.147. The zero-order valence-electron chi connectivity index (χ0n) is 17.5. The Morgan fingerprint density at radius 3 is 2.55 bits per heavy atom. The summed E-state index contributed by atoms with van der Waals surface area (Å²) in [7, 11) is 0. The van der Waals surface area contributed by atoms with E-state index < -0.39 is 0 Å². The number of carbonyl (C=O) groups excluding carboxylic acids is 2. The van der Waals surface area contributed by atoms with Crippen molar-refractivity contribution in [3.05, 3.63) is 100.0 Å². The van der Waals surface area contributed by atoms with Gasteiger partial charge in [0.2, 0.25) is 0 Å². The van der Waals surface area contributed by atoms with Gasteiger partial charge in [-0.1, -0.05) is 78.8 Å². The molecule has 1 atom stereocenters. The van der Waals surface area contributed by atoms with E-state index in [0.717, 1.165) is 10.5 Å². The van der Waals surface area contributed by atoms with E-state index in [1.54, 1.807) is 12.1 Å². The highest BCUT2D eigenvalue weighted by molar-refractivity contribution is 8.04. The van der Waals surface area contributed by atoms with E-state index >= 15 is 0 Å². The smallest absolute Gasteiger partial charge is 0.262 e. The van der Waals surface area contributed by atoms with E-state index in [0.29, 0.717) is 22.7 Å². The minimum atomic E-state index is -0.159. The summed E-state index contributed by atoms with van der Waals surface area (Å²) < 4.78 is 0. The summed E-state index contributed by atoms with van der Waals surface area (Å²) in [6.45, 7) is 4.66. The molecule has 5 heteroatoms. The Bertz CT molecular complexity index is 1140. The van der Waals surface area contributed by atoms with E-state index in [1.807, 2.05) is 61.5 Å². The molecule has 2 amide bonds. The number of anilines is 1. The number of benzene rings is 3. The van der Waals surface area contributed by atoms with Crippen LogP contribution in [0.1, 0.15) is 39.9 Å². The number of rotatable bonds is 5. The van der Waals surface area contributed by atoms with Gasteiger partial charge in [-0.3, -0.25) is 9.59 Å². The van der Waals surface area contributed by atoms with Crippen molar-refractivity contribution >= 4 is 35.3 Å². The topological polar surface area (TPSA) is 58.2 Å². The van der Waals surface area contributed by atoms with Crippen molar-refractivity contribution in [3.63, 3.8) is 0 Å². The average molecular weight is 429 g/mol. The van der Waals surface area contributed by atoms with E-state index in [2.05, 4.69) is 29.7 Å². The second-order valence-electron chi connectivity index (χ2n) is 7.71. The Hall–Kier alpha value is -3.31. The van der Waals surface area contributed by atoms with Crippen LogP contribution in [0, 0.1) is 6.92 Å². The first-order valence-electron chi connectivity index (χ1n) is 10.2. The van der Waals surface area contributed by atoms with Gasteiger partial charge in [0.05, 0.1) is 10.6 Å². The lowest BCUT2D eigenvalue weighted by Crippen LogP contribution is -2.28. The molecule has 1 aliphatic heterocycles. The summed E-state index contributed by atoms with van der Waals surface area (Å²) >= 11 is 1.42. The first-order chi connectivity index (χ1) is 15.0. The van der Waals surface area contributed by atoms with Crippen LogP contribution in [0.3, 0.4) is 0 Å². The van der Waals surface area contributed by atoms with Gasteiger partial charge in [-0.2, -0.15) is 0 Å². The van der Waals surface area contributed by atoms with Crippen molar-refractivity contribution in [2.75, 3.05) is 11.9 Å². The van der Waals surface area contributed by atoms with E-state index in [9.17, 15) is 9.59 Å². The van der Waals surface area contributed by atoms with Gasteiger partial charge in [-0.25, -0.2) is 0 Å². The molecule has 156 valence electrons. The molecular weight excluding hydrogens is 404 g/mol. The van der Waals surface area contributed by atoms with E-state index in [4.69, 9.17) is 0 Å². The van der Waals surface area contributed by atoms with Crippen LogP contribution >= 0.6 is 11.8 Å². The fraction of sp³-hybridized carbons (Fsp3) is 0.154. The SMILES string of the molecule is Cc1ccc(/C=C2/Sc3ccc(C(=O)NC[C@H](C)c4ccccc4)cc3NC2=O)cc1. The van der Waals surface area contributed by atoms with Crippen LogP contribution in [0.4, 0.5) is 5.69 Å². The molecule has 0 aliphatic carbocycles. The summed E-state index contributed by atoms with van der Waals surface area (Å²) in [6.07, 6.45) is 1.88. The molecule has 2 N–H and O–H groups in total. The summed E-state index contributed by atoms with van der Waals surface area (Å²) in [4.78, 5) is 26.8. The van der Waals surface area contributed by atoms with Gasteiger partial charge in [0.25, 0.3) is 11.8 Å². The fourth-order valence-electron chi connectivity index (χ4n) is 3.36. The molecule has 0 saturated heterocycles. The number of aryl methyl sites for hydroxylation is 1. The Balaban J connectivity index is 1.44. The lowest BCUT2D eigenvalue weighted by atomic mass is 10.0. The van der Waals surface area contributed by atoms with Crippen LogP contribution in [0.25, 0.3) is 6.08 Å². The third-order valence-corrected chi connectivity index (χ3v) is 6.35. The summed E-state index contributed by atoms with van der Waals surface area (Å²) in [5.74, 6) is -0.0911. The molecule has 3 aromatic carbocycles. The molecule has 0 fully saturated rings. The Labute approximate surface area is 186 Å².